The molecular weight excluding hydrogens is 254 g/mol. The molecule has 4 N–H and O–H groups in total. The summed E-state index contributed by atoms with van der Waals surface area (Å²) < 4.78 is 0. The largest absolute Gasteiger partial charge is 0.508 e. The van der Waals surface area contributed by atoms with Crippen molar-refractivity contribution in [3.05, 3.63) is 59.2 Å². The van der Waals surface area contributed by atoms with Gasteiger partial charge >= 0.3 is 0 Å². The van der Waals surface area contributed by atoms with Gasteiger partial charge in [-0.15, -0.1) is 0 Å². The summed E-state index contributed by atoms with van der Waals surface area (Å²) in [5, 5.41) is 21.0. The first kappa shape index (κ1) is 13.4. The van der Waals surface area contributed by atoms with Crippen LogP contribution >= 0.6 is 0 Å². The van der Waals surface area contributed by atoms with Crippen LogP contribution in [0.3, 0.4) is 0 Å². The van der Waals surface area contributed by atoms with Crippen LogP contribution < -0.4 is 11.1 Å². The van der Waals surface area contributed by atoms with Gasteiger partial charge in [0.05, 0.1) is 11.6 Å². The lowest BCUT2D eigenvalue weighted by Gasteiger charge is -2.08. The van der Waals surface area contributed by atoms with Gasteiger partial charge < -0.3 is 16.2 Å². The molecule has 0 saturated carbocycles. The fourth-order valence-corrected chi connectivity index (χ4v) is 1.72. The second kappa shape index (κ2) is 5.76. The van der Waals surface area contributed by atoms with E-state index in [1.807, 2.05) is 6.07 Å². The predicted molar refractivity (Wildman–Crippen MR) is 74.8 cm³/mol. The van der Waals surface area contributed by atoms with E-state index in [1.54, 1.807) is 36.4 Å². The van der Waals surface area contributed by atoms with Crippen LogP contribution in [-0.2, 0) is 6.54 Å². The Morgan fingerprint density at radius 1 is 1.25 bits per heavy atom. The van der Waals surface area contributed by atoms with Crippen LogP contribution in [0.2, 0.25) is 0 Å². The van der Waals surface area contributed by atoms with E-state index in [2.05, 4.69) is 5.32 Å². The minimum absolute atomic E-state index is 0.0827. The first-order valence-electron chi connectivity index (χ1n) is 5.96. The molecule has 0 atom stereocenters. The molecule has 0 saturated heterocycles. The molecule has 0 fully saturated rings. The zero-order chi connectivity index (χ0) is 14.5. The average molecular weight is 267 g/mol. The van der Waals surface area contributed by atoms with Crippen LogP contribution in [0.4, 0.5) is 5.69 Å². The molecule has 0 aliphatic heterocycles. The summed E-state index contributed by atoms with van der Waals surface area (Å²) in [5.74, 6) is -0.198. The lowest BCUT2D eigenvalue weighted by molar-refractivity contribution is 0.0951. The first-order valence-corrected chi connectivity index (χ1v) is 5.96. The van der Waals surface area contributed by atoms with Crippen LogP contribution in [0.1, 0.15) is 21.5 Å². The summed E-state index contributed by atoms with van der Waals surface area (Å²) in [6.45, 7) is 0.176. The molecule has 2 aromatic carbocycles. The lowest BCUT2D eigenvalue weighted by atomic mass is 10.1. The van der Waals surface area contributed by atoms with Crippen molar-refractivity contribution in [1.29, 1.82) is 5.26 Å². The number of carbonyl (C=O) groups excluding carboxylic acids is 1. The number of nitriles is 1. The molecule has 1 amide bonds. The van der Waals surface area contributed by atoms with Crippen LogP contribution in [0.5, 0.6) is 5.75 Å². The van der Waals surface area contributed by atoms with Gasteiger partial charge in [-0.25, -0.2) is 0 Å². The summed E-state index contributed by atoms with van der Waals surface area (Å²) in [6, 6.07) is 13.0. The van der Waals surface area contributed by atoms with Crippen LogP contribution in [-0.4, -0.2) is 11.0 Å². The molecule has 0 unspecified atom stereocenters. The van der Waals surface area contributed by atoms with Gasteiger partial charge in [0.25, 0.3) is 5.91 Å². The maximum atomic E-state index is 11.9. The SMILES string of the molecule is N#Cc1ccc(C(=O)NCc2cc(N)ccc2O)cc1. The van der Waals surface area contributed by atoms with Gasteiger partial charge in [-0.1, -0.05) is 0 Å². The van der Waals surface area contributed by atoms with Crippen molar-refractivity contribution in [3.63, 3.8) is 0 Å². The molecule has 0 aromatic heterocycles. The Morgan fingerprint density at radius 3 is 2.60 bits per heavy atom. The number of nitrogen functional groups attached to an aromatic ring is 1. The Morgan fingerprint density at radius 2 is 1.95 bits per heavy atom. The van der Waals surface area contributed by atoms with Crippen molar-refractivity contribution in [3.8, 4) is 11.8 Å². The molecule has 5 nitrogen and oxygen atoms in total. The highest BCUT2D eigenvalue weighted by molar-refractivity contribution is 5.94. The van der Waals surface area contributed by atoms with Gasteiger partial charge in [-0.2, -0.15) is 5.26 Å². The Kier molecular flexibility index (Phi) is 3.87. The van der Waals surface area contributed by atoms with Gasteiger partial charge in [-0.3, -0.25) is 4.79 Å². The van der Waals surface area contributed by atoms with E-state index in [1.165, 1.54) is 6.07 Å². The van der Waals surface area contributed by atoms with Gasteiger partial charge in [0.15, 0.2) is 0 Å². The number of benzene rings is 2. The lowest BCUT2D eigenvalue weighted by Crippen LogP contribution is -2.22. The number of phenolic OH excluding ortho intramolecular Hbond substituents is 1. The van der Waals surface area contributed by atoms with E-state index in [0.717, 1.165) is 0 Å². The monoisotopic (exact) mass is 267 g/mol. The quantitative estimate of drug-likeness (QED) is 0.583. The normalized spacial score (nSPS) is 9.75. The Balaban J connectivity index is 2.04. The highest BCUT2D eigenvalue weighted by Crippen LogP contribution is 2.19. The number of carbonyl (C=O) groups is 1. The number of nitrogens with two attached hydrogens (primary N) is 1. The number of rotatable bonds is 3. The number of nitrogens with zero attached hydrogens (tertiary/aromatic N) is 1. The van der Waals surface area contributed by atoms with Gasteiger partial charge in [-0.05, 0) is 42.5 Å². The molecule has 5 heteroatoms. The molecule has 2 rings (SSSR count). The second-order valence-electron chi connectivity index (χ2n) is 4.26. The fraction of sp³-hybridized carbons (Fsp3) is 0.0667. The molecule has 2 aromatic rings. The summed E-state index contributed by atoms with van der Waals surface area (Å²) in [4.78, 5) is 11.9. The Hall–Kier alpha value is -3.00. The van der Waals surface area contributed by atoms with E-state index < -0.39 is 0 Å². The minimum Gasteiger partial charge on any atom is -0.508 e. The maximum absolute atomic E-state index is 11.9. The summed E-state index contributed by atoms with van der Waals surface area (Å²) in [7, 11) is 0. The summed E-state index contributed by atoms with van der Waals surface area (Å²) in [5.41, 5.74) is 7.64. The van der Waals surface area contributed by atoms with E-state index in [-0.39, 0.29) is 18.2 Å². The molecule has 0 bridgehead atoms. The maximum Gasteiger partial charge on any atom is 0.251 e. The third-order valence-corrected chi connectivity index (χ3v) is 2.82. The second-order valence-corrected chi connectivity index (χ2v) is 4.26. The van der Waals surface area contributed by atoms with Crippen molar-refractivity contribution >= 4 is 11.6 Å². The number of hydrogen-bond donors (Lipinski definition) is 3. The van der Waals surface area contributed by atoms with Crippen LogP contribution in [0.25, 0.3) is 0 Å². The zero-order valence-corrected chi connectivity index (χ0v) is 10.6. The summed E-state index contributed by atoms with van der Waals surface area (Å²) in [6.07, 6.45) is 0. The number of hydrogen-bond acceptors (Lipinski definition) is 4. The molecule has 0 aliphatic rings. The average Bonchev–Trinajstić information content (AvgIpc) is 2.48. The van der Waals surface area contributed by atoms with Crippen molar-refractivity contribution in [2.24, 2.45) is 0 Å². The molecule has 0 heterocycles. The van der Waals surface area contributed by atoms with Crippen molar-refractivity contribution < 1.29 is 9.90 Å². The molecule has 0 radical (unpaired) electrons. The standard InChI is InChI=1S/C15H13N3O2/c16-8-10-1-3-11(4-2-10)15(20)18-9-12-7-13(17)5-6-14(12)19/h1-7,19H,9,17H2,(H,18,20). The molecule has 20 heavy (non-hydrogen) atoms. The van der Waals surface area contributed by atoms with Crippen molar-refractivity contribution in [1.82, 2.24) is 5.32 Å². The predicted octanol–water partition coefficient (Wildman–Crippen LogP) is 1.78. The minimum atomic E-state index is -0.281. The third-order valence-electron chi connectivity index (χ3n) is 2.82. The number of anilines is 1. The number of amides is 1. The smallest absolute Gasteiger partial charge is 0.251 e. The number of nitrogens with one attached hydrogen (secondary N) is 1. The van der Waals surface area contributed by atoms with Crippen LogP contribution in [0.15, 0.2) is 42.5 Å². The molecular formula is C15H13N3O2. The van der Waals surface area contributed by atoms with Gasteiger partial charge in [0.1, 0.15) is 5.75 Å². The highest BCUT2D eigenvalue weighted by Gasteiger charge is 2.07. The van der Waals surface area contributed by atoms with Crippen LogP contribution in [0, 0.1) is 11.3 Å². The first-order chi connectivity index (χ1) is 9.60. The highest BCUT2D eigenvalue weighted by atomic mass is 16.3. The third kappa shape index (κ3) is 3.06. The Bertz CT molecular complexity index is 673. The zero-order valence-electron chi connectivity index (χ0n) is 10.6. The van der Waals surface area contributed by atoms with Gasteiger partial charge in [0.2, 0.25) is 0 Å². The molecule has 0 aliphatic carbocycles. The van der Waals surface area contributed by atoms with E-state index in [0.29, 0.717) is 22.4 Å². The van der Waals surface area contributed by atoms with E-state index >= 15 is 0 Å². The van der Waals surface area contributed by atoms with Crippen molar-refractivity contribution in [2.45, 2.75) is 6.54 Å². The number of aromatic hydroxyl groups is 1. The topological polar surface area (TPSA) is 99.1 Å². The number of phenols is 1. The Labute approximate surface area is 116 Å². The molecule has 0 spiro atoms. The molecule has 100 valence electrons. The van der Waals surface area contributed by atoms with E-state index in [4.69, 9.17) is 11.0 Å². The van der Waals surface area contributed by atoms with E-state index in [9.17, 15) is 9.90 Å². The fourth-order valence-electron chi connectivity index (χ4n) is 1.72. The van der Waals surface area contributed by atoms with Crippen molar-refractivity contribution in [2.75, 3.05) is 5.73 Å². The summed E-state index contributed by atoms with van der Waals surface area (Å²) >= 11 is 0. The van der Waals surface area contributed by atoms with Gasteiger partial charge in [0, 0.05) is 23.4 Å².